The number of likely N-dealkylation sites (N-methyl/N-ethyl adjacent to an activating group) is 1. The molecule has 8 nitrogen and oxygen atoms in total. The van der Waals surface area contributed by atoms with E-state index in [0.717, 1.165) is 37.5 Å². The van der Waals surface area contributed by atoms with Crippen LogP contribution in [0.1, 0.15) is 52.0 Å². The van der Waals surface area contributed by atoms with Crippen LogP contribution in [0.2, 0.25) is 0 Å². The molecule has 212 valence electrons. The topological polar surface area (TPSA) is 71.0 Å². The van der Waals surface area contributed by atoms with E-state index in [0.29, 0.717) is 73.9 Å². The van der Waals surface area contributed by atoms with Gasteiger partial charge in [0.2, 0.25) is 0 Å². The lowest BCUT2D eigenvalue weighted by Crippen LogP contribution is -2.54. The first-order valence-electron chi connectivity index (χ1n) is 13.5. The average molecular weight is 548 g/mol. The number of alkyl halides is 3. The quantitative estimate of drug-likeness (QED) is 0.565. The molecule has 0 radical (unpaired) electrons. The lowest BCUT2D eigenvalue weighted by molar-refractivity contribution is -0.137. The van der Waals surface area contributed by atoms with E-state index in [9.17, 15) is 18.0 Å². The largest absolute Gasteiger partial charge is 0.416 e. The van der Waals surface area contributed by atoms with Crippen molar-refractivity contribution in [3.8, 4) is 0 Å². The molecule has 1 aromatic carbocycles. The second kappa shape index (κ2) is 11.4. The van der Waals surface area contributed by atoms with E-state index < -0.39 is 11.7 Å². The monoisotopic (exact) mass is 547 g/mol. The van der Waals surface area contributed by atoms with Gasteiger partial charge in [0.1, 0.15) is 17.8 Å². The van der Waals surface area contributed by atoms with E-state index in [-0.39, 0.29) is 12.0 Å². The van der Waals surface area contributed by atoms with Gasteiger partial charge in [0.15, 0.2) is 0 Å². The Labute approximate surface area is 227 Å². The molecule has 0 saturated carbocycles. The summed E-state index contributed by atoms with van der Waals surface area (Å²) in [5.74, 6) is 0.464. The molecule has 0 spiro atoms. The summed E-state index contributed by atoms with van der Waals surface area (Å²) in [6, 6.07) is 4.58. The number of likely N-dealkylation sites (tertiary alicyclic amines) is 1. The van der Waals surface area contributed by atoms with Crippen LogP contribution in [0.3, 0.4) is 0 Å². The van der Waals surface area contributed by atoms with Crippen molar-refractivity contribution in [3.05, 3.63) is 52.5 Å². The summed E-state index contributed by atoms with van der Waals surface area (Å²) in [7, 11) is 3.86. The Kier molecular flexibility index (Phi) is 8.11. The molecule has 2 saturated heterocycles. The van der Waals surface area contributed by atoms with Crippen molar-refractivity contribution in [2.45, 2.75) is 63.5 Å². The molecular formula is C28H36F3N5O3. The predicted octanol–water partition coefficient (Wildman–Crippen LogP) is 3.71. The number of carbonyl (C=O) groups excluding carboxylic acids is 1. The van der Waals surface area contributed by atoms with Gasteiger partial charge in [0, 0.05) is 57.5 Å². The highest BCUT2D eigenvalue weighted by molar-refractivity contribution is 5.94. The van der Waals surface area contributed by atoms with Gasteiger partial charge in [0.25, 0.3) is 5.91 Å². The molecule has 5 rings (SSSR count). The van der Waals surface area contributed by atoms with E-state index in [1.54, 1.807) is 13.2 Å². The highest BCUT2D eigenvalue weighted by Gasteiger charge is 2.36. The molecule has 0 aliphatic carbocycles. The van der Waals surface area contributed by atoms with Gasteiger partial charge in [-0.2, -0.15) is 13.2 Å². The van der Waals surface area contributed by atoms with Gasteiger partial charge in [-0.1, -0.05) is 6.07 Å². The maximum absolute atomic E-state index is 13.5. The minimum Gasteiger partial charge on any atom is -0.379 e. The number of hydrogen-bond donors (Lipinski definition) is 0. The normalized spacial score (nSPS) is 22.7. The Morgan fingerprint density at radius 2 is 1.90 bits per heavy atom. The first-order chi connectivity index (χ1) is 18.7. The summed E-state index contributed by atoms with van der Waals surface area (Å²) in [5, 5.41) is 0. The number of hydrogen-bond acceptors (Lipinski definition) is 7. The van der Waals surface area contributed by atoms with Crippen LogP contribution in [0, 0.1) is 6.92 Å². The molecule has 2 atom stereocenters. The fourth-order valence-electron chi connectivity index (χ4n) is 6.18. The molecule has 2 fully saturated rings. The Balaban J connectivity index is 1.26. The first-order valence-corrected chi connectivity index (χ1v) is 13.5. The van der Waals surface area contributed by atoms with Crippen molar-refractivity contribution < 1.29 is 27.4 Å². The Morgan fingerprint density at radius 1 is 1.13 bits per heavy atom. The number of halogens is 3. The summed E-state index contributed by atoms with van der Waals surface area (Å²) in [6.45, 7) is 5.32. The van der Waals surface area contributed by atoms with Crippen LogP contribution >= 0.6 is 0 Å². The highest BCUT2D eigenvalue weighted by atomic mass is 19.4. The smallest absolute Gasteiger partial charge is 0.379 e. The van der Waals surface area contributed by atoms with Crippen molar-refractivity contribution in [2.24, 2.45) is 0 Å². The van der Waals surface area contributed by atoms with Crippen molar-refractivity contribution >= 4 is 11.7 Å². The van der Waals surface area contributed by atoms with Crippen molar-refractivity contribution in [2.75, 3.05) is 51.9 Å². The number of carbonyl (C=O) groups is 1. The fraction of sp³-hybridized carbons (Fsp3) is 0.607. The van der Waals surface area contributed by atoms with Crippen LogP contribution < -0.4 is 4.90 Å². The number of rotatable bonds is 5. The maximum Gasteiger partial charge on any atom is 0.416 e. The minimum absolute atomic E-state index is 0.0484. The summed E-state index contributed by atoms with van der Waals surface area (Å²) in [5.41, 5.74) is 1.90. The number of piperidine rings is 1. The molecule has 11 heteroatoms. The number of methoxy groups -OCH3 is 1. The zero-order chi connectivity index (χ0) is 27.7. The van der Waals surface area contributed by atoms with E-state index in [4.69, 9.17) is 9.47 Å². The van der Waals surface area contributed by atoms with Gasteiger partial charge in [-0.3, -0.25) is 9.69 Å². The third-order valence-corrected chi connectivity index (χ3v) is 8.53. The Bertz CT molecular complexity index is 1190. The van der Waals surface area contributed by atoms with Crippen LogP contribution in [0.5, 0.6) is 0 Å². The van der Waals surface area contributed by atoms with Crippen LogP contribution in [-0.2, 0) is 28.6 Å². The number of ether oxygens (including phenoxy) is 2. The van der Waals surface area contributed by atoms with Gasteiger partial charge < -0.3 is 19.3 Å². The van der Waals surface area contributed by atoms with E-state index in [1.807, 2.05) is 16.7 Å². The predicted molar refractivity (Wildman–Crippen MR) is 140 cm³/mol. The summed E-state index contributed by atoms with van der Waals surface area (Å²) < 4.78 is 51.0. The first kappa shape index (κ1) is 27.8. The van der Waals surface area contributed by atoms with Gasteiger partial charge in [-0.05, 0) is 62.9 Å². The number of aromatic nitrogens is 2. The number of amides is 1. The van der Waals surface area contributed by atoms with Crippen molar-refractivity contribution in [1.29, 1.82) is 0 Å². The van der Waals surface area contributed by atoms with Crippen molar-refractivity contribution in [3.63, 3.8) is 0 Å². The van der Waals surface area contributed by atoms with Crippen LogP contribution in [-0.4, -0.2) is 90.9 Å². The van der Waals surface area contributed by atoms with Gasteiger partial charge >= 0.3 is 6.18 Å². The number of nitrogens with zero attached hydrogens (tertiary/aromatic N) is 5. The summed E-state index contributed by atoms with van der Waals surface area (Å²) >= 11 is 0. The van der Waals surface area contributed by atoms with E-state index >= 15 is 0 Å². The molecule has 0 N–H and O–H groups in total. The Morgan fingerprint density at radius 3 is 2.62 bits per heavy atom. The molecule has 3 aliphatic rings. The van der Waals surface area contributed by atoms with Crippen LogP contribution in [0.4, 0.5) is 19.0 Å². The highest BCUT2D eigenvalue weighted by Crippen LogP contribution is 2.34. The van der Waals surface area contributed by atoms with Crippen LogP contribution in [0.15, 0.2) is 24.5 Å². The summed E-state index contributed by atoms with van der Waals surface area (Å²) in [4.78, 5) is 28.5. The fourth-order valence-corrected chi connectivity index (χ4v) is 6.18. The SMILES string of the molecule is COC1COCC[C@H]1N(C)C1CCN(C(=O)c2ncnc(N3CCc4ccc(C(F)(F)F)cc4C3)c2C)CC1. The molecule has 39 heavy (non-hydrogen) atoms. The molecular weight excluding hydrogens is 511 g/mol. The molecule has 2 aromatic rings. The zero-order valence-corrected chi connectivity index (χ0v) is 22.7. The lowest BCUT2D eigenvalue weighted by atomic mass is 9.96. The van der Waals surface area contributed by atoms with E-state index in [2.05, 4.69) is 21.9 Å². The average Bonchev–Trinajstić information content (AvgIpc) is 2.95. The van der Waals surface area contributed by atoms with Gasteiger partial charge in [-0.15, -0.1) is 0 Å². The van der Waals surface area contributed by atoms with E-state index in [1.165, 1.54) is 12.4 Å². The third-order valence-electron chi connectivity index (χ3n) is 8.53. The molecule has 0 bridgehead atoms. The molecule has 4 heterocycles. The maximum atomic E-state index is 13.5. The minimum atomic E-state index is -4.39. The third kappa shape index (κ3) is 5.76. The summed E-state index contributed by atoms with van der Waals surface area (Å²) in [6.07, 6.45) is 0.295. The van der Waals surface area contributed by atoms with Gasteiger partial charge in [0.05, 0.1) is 18.3 Å². The molecule has 3 aliphatic heterocycles. The molecule has 1 unspecified atom stereocenters. The second-order valence-electron chi connectivity index (χ2n) is 10.7. The van der Waals surface area contributed by atoms with Crippen molar-refractivity contribution in [1.82, 2.24) is 19.8 Å². The standard InChI is InChI=1S/C28H36F3N5O3/c1-18-25(27(37)35-11-7-22(8-12-35)34(2)23-9-13-39-16-24(23)38-3)32-17-33-26(18)36-10-6-19-4-5-21(28(29,30)31)14-20(19)15-36/h4-5,14,17,22-24H,6-13,15-16H2,1-3H3/t23-,24?/m1/s1. The van der Waals surface area contributed by atoms with Crippen LogP contribution in [0.25, 0.3) is 0 Å². The number of benzene rings is 1. The second-order valence-corrected chi connectivity index (χ2v) is 10.7. The molecule has 1 aromatic heterocycles. The number of anilines is 1. The molecule has 1 amide bonds. The Hall–Kier alpha value is -2.76. The zero-order valence-electron chi connectivity index (χ0n) is 22.7. The number of fused-ring (bicyclic) bond motifs is 1. The van der Waals surface area contributed by atoms with Gasteiger partial charge in [-0.25, -0.2) is 9.97 Å². The lowest BCUT2D eigenvalue weighted by Gasteiger charge is -2.44.